The van der Waals surface area contributed by atoms with Crippen molar-refractivity contribution in [2.75, 3.05) is 11.5 Å². The van der Waals surface area contributed by atoms with Crippen molar-refractivity contribution in [3.63, 3.8) is 0 Å². The van der Waals surface area contributed by atoms with E-state index in [1.807, 2.05) is 18.4 Å². The van der Waals surface area contributed by atoms with E-state index in [0.29, 0.717) is 29.2 Å². The predicted molar refractivity (Wildman–Crippen MR) is 94.5 cm³/mol. The summed E-state index contributed by atoms with van der Waals surface area (Å²) in [5.74, 6) is 1.30. The van der Waals surface area contributed by atoms with Crippen LogP contribution in [0.5, 0.6) is 0 Å². The maximum absolute atomic E-state index is 12.4. The molecule has 2 aromatic heterocycles. The highest BCUT2D eigenvalue weighted by Crippen LogP contribution is 2.23. The van der Waals surface area contributed by atoms with Crippen molar-refractivity contribution in [3.05, 3.63) is 47.9 Å². The van der Waals surface area contributed by atoms with Crippen LogP contribution in [0.3, 0.4) is 0 Å². The third-order valence-corrected chi connectivity index (χ3v) is 5.89. The highest BCUT2D eigenvalue weighted by molar-refractivity contribution is 7.91. The highest BCUT2D eigenvalue weighted by atomic mass is 32.2. The summed E-state index contributed by atoms with van der Waals surface area (Å²) in [5, 5.41) is 0. The third kappa shape index (κ3) is 2.99. The Kier molecular flexibility index (Phi) is 4.28. The summed E-state index contributed by atoms with van der Waals surface area (Å²) in [5.41, 5.74) is 8.48. The van der Waals surface area contributed by atoms with E-state index in [4.69, 9.17) is 5.73 Å². The van der Waals surface area contributed by atoms with Crippen LogP contribution in [0.15, 0.2) is 41.4 Å². The van der Waals surface area contributed by atoms with E-state index in [2.05, 4.69) is 9.97 Å². The van der Waals surface area contributed by atoms with Gasteiger partial charge < -0.3 is 10.3 Å². The molecule has 0 aliphatic heterocycles. The number of aryl methyl sites for hydroxylation is 3. The zero-order valence-corrected chi connectivity index (χ0v) is 14.5. The average molecular weight is 344 g/mol. The number of rotatable bonds is 5. The number of anilines is 1. The molecule has 0 spiro atoms. The molecule has 0 saturated carbocycles. The number of sulfone groups is 1. The number of nitrogens with two attached hydrogens (primary N) is 1. The van der Waals surface area contributed by atoms with Gasteiger partial charge in [0.05, 0.1) is 16.2 Å². The number of hydrogen-bond acceptors (Lipinski definition) is 5. The lowest BCUT2D eigenvalue weighted by Crippen LogP contribution is -2.11. The van der Waals surface area contributed by atoms with Crippen LogP contribution in [0.4, 0.5) is 5.82 Å². The van der Waals surface area contributed by atoms with Gasteiger partial charge in [-0.05, 0) is 38.0 Å². The first-order chi connectivity index (χ1) is 11.4. The monoisotopic (exact) mass is 344 g/mol. The fourth-order valence-corrected chi connectivity index (χ4v) is 4.18. The maximum atomic E-state index is 12.4. The topological polar surface area (TPSA) is 90.9 Å². The van der Waals surface area contributed by atoms with Crippen LogP contribution in [-0.2, 0) is 16.4 Å². The molecule has 0 unspecified atom stereocenters. The van der Waals surface area contributed by atoms with Gasteiger partial charge in [-0.3, -0.25) is 0 Å². The Balaban J connectivity index is 1.82. The normalized spacial score (nSPS) is 11.9. The Labute approximate surface area is 141 Å². The minimum Gasteiger partial charge on any atom is -0.382 e. The van der Waals surface area contributed by atoms with Gasteiger partial charge in [-0.2, -0.15) is 0 Å². The molecule has 0 saturated heterocycles. The summed E-state index contributed by atoms with van der Waals surface area (Å²) < 4.78 is 26.8. The van der Waals surface area contributed by atoms with E-state index in [9.17, 15) is 8.42 Å². The van der Waals surface area contributed by atoms with Crippen molar-refractivity contribution < 1.29 is 8.42 Å². The van der Waals surface area contributed by atoms with Crippen molar-refractivity contribution >= 4 is 26.7 Å². The number of imidazole rings is 1. The smallest absolute Gasteiger partial charge is 0.178 e. The number of nitrogens with zero attached hydrogens (tertiary/aromatic N) is 3. The Morgan fingerprint density at radius 3 is 2.58 bits per heavy atom. The summed E-state index contributed by atoms with van der Waals surface area (Å²) in [6.45, 7) is 4.41. The van der Waals surface area contributed by atoms with Crippen molar-refractivity contribution in [2.24, 2.45) is 0 Å². The zero-order chi connectivity index (χ0) is 17.3. The Bertz CT molecular complexity index is 979. The lowest BCUT2D eigenvalue weighted by molar-refractivity contribution is 0.586. The standard InChI is InChI=1S/C17H20N4O2S/c1-12-11-19-17(18)15-16(12)21(13(2)20-15)9-6-10-24(22,23)14-7-4-3-5-8-14/h3-5,7-8,11H,6,9-10H2,1-2H3,(H2,18,19). The molecule has 6 nitrogen and oxygen atoms in total. The fraction of sp³-hybridized carbons (Fsp3) is 0.294. The van der Waals surface area contributed by atoms with E-state index in [0.717, 1.165) is 16.9 Å². The first-order valence-corrected chi connectivity index (χ1v) is 9.41. The van der Waals surface area contributed by atoms with Crippen LogP contribution in [-0.4, -0.2) is 28.7 Å². The van der Waals surface area contributed by atoms with Gasteiger partial charge in [-0.25, -0.2) is 18.4 Å². The number of fused-ring (bicyclic) bond motifs is 1. The molecule has 2 N–H and O–H groups in total. The first kappa shape index (κ1) is 16.4. The predicted octanol–water partition coefficient (Wildman–Crippen LogP) is 2.49. The van der Waals surface area contributed by atoms with Crippen LogP contribution >= 0.6 is 0 Å². The van der Waals surface area contributed by atoms with Crippen molar-refractivity contribution in [3.8, 4) is 0 Å². The molecule has 2 heterocycles. The summed E-state index contributed by atoms with van der Waals surface area (Å²) in [7, 11) is -3.27. The number of nitrogen functional groups attached to an aromatic ring is 1. The van der Waals surface area contributed by atoms with Gasteiger partial charge in [0.1, 0.15) is 11.3 Å². The van der Waals surface area contributed by atoms with Crippen LogP contribution in [0, 0.1) is 13.8 Å². The van der Waals surface area contributed by atoms with E-state index in [1.165, 1.54) is 0 Å². The van der Waals surface area contributed by atoms with Gasteiger partial charge >= 0.3 is 0 Å². The first-order valence-electron chi connectivity index (χ1n) is 7.76. The summed E-state index contributed by atoms with van der Waals surface area (Å²) in [6, 6.07) is 8.54. The van der Waals surface area contributed by atoms with Gasteiger partial charge in [-0.1, -0.05) is 18.2 Å². The van der Waals surface area contributed by atoms with E-state index >= 15 is 0 Å². The quantitative estimate of drug-likeness (QED) is 0.768. The van der Waals surface area contributed by atoms with E-state index < -0.39 is 9.84 Å². The molecule has 0 fully saturated rings. The van der Waals surface area contributed by atoms with Crippen LogP contribution in [0.2, 0.25) is 0 Å². The molecular weight excluding hydrogens is 324 g/mol. The Morgan fingerprint density at radius 2 is 1.88 bits per heavy atom. The average Bonchev–Trinajstić information content (AvgIpc) is 2.90. The van der Waals surface area contributed by atoms with E-state index in [1.54, 1.807) is 36.5 Å². The van der Waals surface area contributed by atoms with Crippen molar-refractivity contribution in [1.29, 1.82) is 0 Å². The van der Waals surface area contributed by atoms with Gasteiger partial charge in [0.2, 0.25) is 0 Å². The van der Waals surface area contributed by atoms with Gasteiger partial charge in [0.15, 0.2) is 15.7 Å². The third-order valence-electron chi connectivity index (χ3n) is 4.07. The molecular formula is C17H20N4O2S. The van der Waals surface area contributed by atoms with Crippen LogP contribution in [0.25, 0.3) is 11.0 Å². The minimum absolute atomic E-state index is 0.0930. The second-order valence-corrected chi connectivity index (χ2v) is 7.93. The molecule has 3 aromatic rings. The molecule has 0 radical (unpaired) electrons. The van der Waals surface area contributed by atoms with Crippen LogP contribution in [0.1, 0.15) is 17.8 Å². The number of pyridine rings is 1. The van der Waals surface area contributed by atoms with Crippen molar-refractivity contribution in [1.82, 2.24) is 14.5 Å². The van der Waals surface area contributed by atoms with Gasteiger partial charge in [-0.15, -0.1) is 0 Å². The highest BCUT2D eigenvalue weighted by Gasteiger charge is 2.16. The summed E-state index contributed by atoms with van der Waals surface area (Å²) in [4.78, 5) is 8.96. The maximum Gasteiger partial charge on any atom is 0.178 e. The lowest BCUT2D eigenvalue weighted by Gasteiger charge is -2.09. The second-order valence-electron chi connectivity index (χ2n) is 5.82. The molecule has 126 valence electrons. The zero-order valence-electron chi connectivity index (χ0n) is 13.7. The molecule has 0 aliphatic carbocycles. The molecule has 3 rings (SSSR count). The second kappa shape index (κ2) is 6.24. The molecule has 0 atom stereocenters. The number of aromatic nitrogens is 3. The van der Waals surface area contributed by atoms with Gasteiger partial charge in [0, 0.05) is 12.7 Å². The molecule has 0 bridgehead atoms. The number of hydrogen-bond donors (Lipinski definition) is 1. The molecule has 24 heavy (non-hydrogen) atoms. The van der Waals surface area contributed by atoms with E-state index in [-0.39, 0.29) is 5.75 Å². The van der Waals surface area contributed by atoms with Crippen molar-refractivity contribution in [2.45, 2.75) is 31.7 Å². The summed E-state index contributed by atoms with van der Waals surface area (Å²) in [6.07, 6.45) is 2.22. The largest absolute Gasteiger partial charge is 0.382 e. The Morgan fingerprint density at radius 1 is 1.17 bits per heavy atom. The molecule has 0 amide bonds. The number of benzene rings is 1. The van der Waals surface area contributed by atoms with Gasteiger partial charge in [0.25, 0.3) is 0 Å². The lowest BCUT2D eigenvalue weighted by atomic mass is 10.2. The molecule has 0 aliphatic rings. The Hall–Kier alpha value is -2.41. The molecule has 7 heteroatoms. The van der Waals surface area contributed by atoms with Crippen LogP contribution < -0.4 is 5.73 Å². The summed E-state index contributed by atoms with van der Waals surface area (Å²) >= 11 is 0. The minimum atomic E-state index is -3.27. The SMILES string of the molecule is Cc1cnc(N)c2nc(C)n(CCCS(=O)(=O)c3ccccc3)c12. The fourth-order valence-electron chi connectivity index (χ4n) is 2.86. The molecule has 1 aromatic carbocycles.